The van der Waals surface area contributed by atoms with Gasteiger partial charge in [0, 0.05) is 5.56 Å². The number of alkyl halides is 1. The molecule has 0 radical (unpaired) electrons. The van der Waals surface area contributed by atoms with Crippen LogP contribution in [0.15, 0.2) is 18.2 Å². The molecular weight excluding hydrogens is 213 g/mol. The van der Waals surface area contributed by atoms with Crippen LogP contribution in [0.4, 0.5) is 4.39 Å². The Morgan fingerprint density at radius 2 is 2.19 bits per heavy atom. The molecule has 16 heavy (non-hydrogen) atoms. The van der Waals surface area contributed by atoms with Crippen LogP contribution in [0.3, 0.4) is 0 Å². The summed E-state index contributed by atoms with van der Waals surface area (Å²) in [5.74, 6) is 0.606. The maximum atomic E-state index is 12.0. The van der Waals surface area contributed by atoms with E-state index in [2.05, 4.69) is 0 Å². The van der Waals surface area contributed by atoms with E-state index < -0.39 is 6.67 Å². The zero-order chi connectivity index (χ0) is 12.0. The number of hydrogen-bond acceptors (Lipinski definition) is 4. The van der Waals surface area contributed by atoms with E-state index in [-0.39, 0.29) is 18.9 Å². The molecule has 0 aliphatic heterocycles. The molecule has 5 heteroatoms. The Hall–Kier alpha value is -1.62. The molecule has 0 amide bonds. The summed E-state index contributed by atoms with van der Waals surface area (Å²) in [6, 6.07) is 4.69. The highest BCUT2D eigenvalue weighted by Gasteiger charge is 2.09. The number of benzene rings is 1. The van der Waals surface area contributed by atoms with Crippen molar-refractivity contribution in [2.24, 2.45) is 5.73 Å². The summed E-state index contributed by atoms with van der Waals surface area (Å²) in [5, 5.41) is 0. The number of methoxy groups -OCH3 is 1. The molecule has 1 rings (SSSR count). The Bertz CT molecular complexity index is 368. The molecular formula is C11H14FNO3. The first kappa shape index (κ1) is 12.4. The highest BCUT2D eigenvalue weighted by Crippen LogP contribution is 2.28. The molecule has 0 bridgehead atoms. The van der Waals surface area contributed by atoms with Crippen LogP contribution in [0.25, 0.3) is 0 Å². The maximum absolute atomic E-state index is 12.0. The van der Waals surface area contributed by atoms with Crippen LogP contribution in [-0.2, 0) is 0 Å². The fraction of sp³-hybridized carbons (Fsp3) is 0.364. The van der Waals surface area contributed by atoms with Gasteiger partial charge in [0.1, 0.15) is 13.3 Å². The molecule has 0 saturated carbocycles. The largest absolute Gasteiger partial charge is 0.493 e. The third-order valence-electron chi connectivity index (χ3n) is 2.01. The van der Waals surface area contributed by atoms with Crippen LogP contribution in [0.1, 0.15) is 10.4 Å². The van der Waals surface area contributed by atoms with Crippen molar-refractivity contribution in [2.45, 2.75) is 0 Å². The predicted molar refractivity (Wildman–Crippen MR) is 57.8 cm³/mol. The quantitative estimate of drug-likeness (QED) is 0.741. The molecule has 0 heterocycles. The van der Waals surface area contributed by atoms with Crippen LogP contribution < -0.4 is 15.2 Å². The Morgan fingerprint density at radius 3 is 2.75 bits per heavy atom. The van der Waals surface area contributed by atoms with E-state index in [9.17, 15) is 9.18 Å². The van der Waals surface area contributed by atoms with Crippen LogP contribution in [-0.4, -0.2) is 32.7 Å². The zero-order valence-corrected chi connectivity index (χ0v) is 9.03. The summed E-state index contributed by atoms with van der Waals surface area (Å²) >= 11 is 0. The SMILES string of the molecule is COc1ccc(C(=O)CN)cc1OCCF. The van der Waals surface area contributed by atoms with Crippen molar-refractivity contribution < 1.29 is 18.7 Å². The van der Waals surface area contributed by atoms with E-state index in [0.29, 0.717) is 17.1 Å². The number of ether oxygens (including phenoxy) is 2. The molecule has 0 unspecified atom stereocenters. The number of rotatable bonds is 6. The fourth-order valence-electron chi connectivity index (χ4n) is 1.23. The van der Waals surface area contributed by atoms with E-state index in [1.807, 2.05) is 0 Å². The molecule has 0 aromatic heterocycles. The summed E-state index contributed by atoms with van der Waals surface area (Å²) in [7, 11) is 1.47. The number of halogens is 1. The van der Waals surface area contributed by atoms with Gasteiger partial charge >= 0.3 is 0 Å². The fourth-order valence-corrected chi connectivity index (χ4v) is 1.23. The highest BCUT2D eigenvalue weighted by atomic mass is 19.1. The summed E-state index contributed by atoms with van der Waals surface area (Å²) < 4.78 is 22.1. The first-order valence-electron chi connectivity index (χ1n) is 4.83. The average Bonchev–Trinajstić information content (AvgIpc) is 2.34. The third-order valence-corrected chi connectivity index (χ3v) is 2.01. The van der Waals surface area contributed by atoms with Crippen molar-refractivity contribution in [2.75, 3.05) is 26.9 Å². The van der Waals surface area contributed by atoms with Crippen molar-refractivity contribution >= 4 is 5.78 Å². The van der Waals surface area contributed by atoms with Gasteiger partial charge in [0.25, 0.3) is 0 Å². The minimum Gasteiger partial charge on any atom is -0.493 e. The van der Waals surface area contributed by atoms with Crippen molar-refractivity contribution in [3.05, 3.63) is 23.8 Å². The molecule has 0 spiro atoms. The lowest BCUT2D eigenvalue weighted by Gasteiger charge is -2.10. The molecule has 0 aliphatic rings. The molecule has 2 N–H and O–H groups in total. The van der Waals surface area contributed by atoms with Crippen molar-refractivity contribution in [3.63, 3.8) is 0 Å². The molecule has 1 aromatic rings. The van der Waals surface area contributed by atoms with E-state index in [4.69, 9.17) is 15.2 Å². The third kappa shape index (κ3) is 2.93. The van der Waals surface area contributed by atoms with E-state index in [1.165, 1.54) is 13.2 Å². The summed E-state index contributed by atoms with van der Waals surface area (Å²) in [4.78, 5) is 11.3. The van der Waals surface area contributed by atoms with E-state index in [1.54, 1.807) is 12.1 Å². The van der Waals surface area contributed by atoms with Crippen molar-refractivity contribution in [1.29, 1.82) is 0 Å². The summed E-state index contributed by atoms with van der Waals surface area (Å²) in [6.07, 6.45) is 0. The predicted octanol–water partition coefficient (Wildman–Crippen LogP) is 1.18. The second-order valence-corrected chi connectivity index (χ2v) is 3.03. The average molecular weight is 227 g/mol. The topological polar surface area (TPSA) is 61.5 Å². The van der Waals surface area contributed by atoms with E-state index in [0.717, 1.165) is 0 Å². The minimum absolute atomic E-state index is 0.0728. The van der Waals surface area contributed by atoms with Crippen molar-refractivity contribution in [3.8, 4) is 11.5 Å². The number of carbonyl (C=O) groups excluding carboxylic acids is 1. The van der Waals surface area contributed by atoms with Gasteiger partial charge in [-0.1, -0.05) is 0 Å². The lowest BCUT2D eigenvalue weighted by atomic mass is 10.1. The smallest absolute Gasteiger partial charge is 0.176 e. The second-order valence-electron chi connectivity index (χ2n) is 3.03. The van der Waals surface area contributed by atoms with Gasteiger partial charge in [-0.3, -0.25) is 4.79 Å². The molecule has 0 saturated heterocycles. The normalized spacial score (nSPS) is 9.94. The monoisotopic (exact) mass is 227 g/mol. The lowest BCUT2D eigenvalue weighted by Crippen LogP contribution is -2.13. The number of hydrogen-bond donors (Lipinski definition) is 1. The standard InChI is InChI=1S/C11H14FNO3/c1-15-10-3-2-8(9(14)7-13)6-11(10)16-5-4-12/h2-3,6H,4-5,7,13H2,1H3. The van der Waals surface area contributed by atoms with Gasteiger partial charge in [0.2, 0.25) is 0 Å². The number of Topliss-reactive ketones (excluding diaryl/α,β-unsaturated/α-hetero) is 1. The molecule has 1 aromatic carbocycles. The maximum Gasteiger partial charge on any atom is 0.176 e. The second kappa shape index (κ2) is 6.07. The van der Waals surface area contributed by atoms with Gasteiger partial charge in [-0.15, -0.1) is 0 Å². The number of carbonyl (C=O) groups is 1. The van der Waals surface area contributed by atoms with Gasteiger partial charge in [-0.05, 0) is 18.2 Å². The van der Waals surface area contributed by atoms with Crippen LogP contribution in [0.2, 0.25) is 0 Å². The zero-order valence-electron chi connectivity index (χ0n) is 9.03. The van der Waals surface area contributed by atoms with Gasteiger partial charge < -0.3 is 15.2 Å². The first-order valence-corrected chi connectivity index (χ1v) is 4.83. The molecule has 0 fully saturated rings. The van der Waals surface area contributed by atoms with Crippen molar-refractivity contribution in [1.82, 2.24) is 0 Å². The minimum atomic E-state index is -0.599. The van der Waals surface area contributed by atoms with E-state index >= 15 is 0 Å². The summed E-state index contributed by atoms with van der Waals surface area (Å²) in [5.41, 5.74) is 5.67. The molecule has 4 nitrogen and oxygen atoms in total. The summed E-state index contributed by atoms with van der Waals surface area (Å²) in [6.45, 7) is -0.746. The molecule has 88 valence electrons. The van der Waals surface area contributed by atoms with Crippen LogP contribution in [0.5, 0.6) is 11.5 Å². The van der Waals surface area contributed by atoms with Crippen LogP contribution >= 0.6 is 0 Å². The number of nitrogens with two attached hydrogens (primary N) is 1. The van der Waals surface area contributed by atoms with Gasteiger partial charge in [-0.25, -0.2) is 4.39 Å². The lowest BCUT2D eigenvalue weighted by molar-refractivity contribution is 0.100. The highest BCUT2D eigenvalue weighted by molar-refractivity contribution is 5.98. The molecule has 0 atom stereocenters. The first-order chi connectivity index (χ1) is 7.72. The van der Waals surface area contributed by atoms with Crippen LogP contribution in [0, 0.1) is 0 Å². The van der Waals surface area contributed by atoms with Gasteiger partial charge in [-0.2, -0.15) is 0 Å². The number of ketones is 1. The Kier molecular flexibility index (Phi) is 4.72. The Morgan fingerprint density at radius 1 is 1.44 bits per heavy atom. The molecule has 0 aliphatic carbocycles. The van der Waals surface area contributed by atoms with Gasteiger partial charge in [0.05, 0.1) is 13.7 Å². The Balaban J connectivity index is 2.96. The Labute approximate surface area is 93.2 Å². The van der Waals surface area contributed by atoms with Gasteiger partial charge in [0.15, 0.2) is 17.3 Å².